The summed E-state index contributed by atoms with van der Waals surface area (Å²) in [6.07, 6.45) is 5.13. The molecule has 0 aromatic heterocycles. The van der Waals surface area contributed by atoms with Crippen LogP contribution in [0.5, 0.6) is 0 Å². The van der Waals surface area contributed by atoms with Crippen molar-refractivity contribution < 1.29 is 9.53 Å². The third-order valence-corrected chi connectivity index (χ3v) is 4.28. The lowest BCUT2D eigenvalue weighted by molar-refractivity contribution is -0.150. The van der Waals surface area contributed by atoms with E-state index >= 15 is 0 Å². The standard InChI is InChI=1S/C16H18O2/c1-12-11-16(18-15(12)17)10-6-5-9-14(16)13-7-3-2-4-8-13/h2-4,7-8,14H,1,5-6,9-11H2. The molecule has 2 nitrogen and oxygen atoms in total. The largest absolute Gasteiger partial charge is 0.455 e. The molecule has 94 valence electrons. The van der Waals surface area contributed by atoms with Crippen LogP contribution in [0.2, 0.25) is 0 Å². The summed E-state index contributed by atoms with van der Waals surface area (Å²) in [4.78, 5) is 11.7. The summed E-state index contributed by atoms with van der Waals surface area (Å²) in [5.74, 6) is 0.133. The number of carbonyl (C=O) groups is 1. The van der Waals surface area contributed by atoms with E-state index in [1.54, 1.807) is 0 Å². The normalized spacial score (nSPS) is 31.7. The van der Waals surface area contributed by atoms with Crippen molar-refractivity contribution in [2.75, 3.05) is 0 Å². The third-order valence-electron chi connectivity index (χ3n) is 4.28. The van der Waals surface area contributed by atoms with Crippen LogP contribution in [0.3, 0.4) is 0 Å². The van der Waals surface area contributed by atoms with Crippen molar-refractivity contribution >= 4 is 5.97 Å². The first-order chi connectivity index (χ1) is 8.71. The van der Waals surface area contributed by atoms with E-state index in [2.05, 4.69) is 30.8 Å². The molecule has 1 aromatic rings. The number of hydrogen-bond donors (Lipinski definition) is 0. The Labute approximate surface area is 108 Å². The maximum absolute atomic E-state index is 11.7. The molecule has 2 heteroatoms. The van der Waals surface area contributed by atoms with Gasteiger partial charge in [-0.3, -0.25) is 0 Å². The molecule has 1 aromatic carbocycles. The minimum Gasteiger partial charge on any atom is -0.455 e. The van der Waals surface area contributed by atoms with Crippen molar-refractivity contribution in [2.45, 2.75) is 43.6 Å². The Morgan fingerprint density at radius 1 is 1.22 bits per heavy atom. The van der Waals surface area contributed by atoms with Crippen LogP contribution in [0, 0.1) is 0 Å². The molecule has 3 rings (SSSR count). The van der Waals surface area contributed by atoms with Crippen LogP contribution in [0.15, 0.2) is 42.5 Å². The zero-order chi connectivity index (χ0) is 12.6. The predicted octanol–water partition coefficient (Wildman–Crippen LogP) is 3.59. The summed E-state index contributed by atoms with van der Waals surface area (Å²) in [5.41, 5.74) is 1.62. The highest BCUT2D eigenvalue weighted by atomic mass is 16.6. The monoisotopic (exact) mass is 242 g/mol. The third kappa shape index (κ3) is 1.76. The van der Waals surface area contributed by atoms with Gasteiger partial charge in [0.2, 0.25) is 0 Å². The van der Waals surface area contributed by atoms with Crippen LogP contribution >= 0.6 is 0 Å². The SMILES string of the molecule is C=C1CC2(CCCCC2c2ccccc2)OC1=O. The van der Waals surface area contributed by atoms with Crippen LogP contribution in [0.25, 0.3) is 0 Å². The quantitative estimate of drug-likeness (QED) is 0.555. The van der Waals surface area contributed by atoms with Crippen LogP contribution in [-0.4, -0.2) is 11.6 Å². The minimum absolute atomic E-state index is 0.196. The number of hydrogen-bond acceptors (Lipinski definition) is 2. The molecule has 0 amide bonds. The first-order valence-corrected chi connectivity index (χ1v) is 6.67. The van der Waals surface area contributed by atoms with Crippen LogP contribution in [0.4, 0.5) is 0 Å². The molecule has 1 aliphatic heterocycles. The van der Waals surface area contributed by atoms with Gasteiger partial charge in [0.25, 0.3) is 0 Å². The van der Waals surface area contributed by atoms with Gasteiger partial charge >= 0.3 is 5.97 Å². The Morgan fingerprint density at radius 2 is 2.00 bits per heavy atom. The number of carbonyl (C=O) groups excluding carboxylic acids is 1. The summed E-state index contributed by atoms with van der Waals surface area (Å²) in [7, 11) is 0. The first-order valence-electron chi connectivity index (χ1n) is 6.67. The van der Waals surface area contributed by atoms with Gasteiger partial charge in [0.1, 0.15) is 5.60 Å². The minimum atomic E-state index is -0.312. The number of esters is 1. The van der Waals surface area contributed by atoms with E-state index in [-0.39, 0.29) is 11.6 Å². The van der Waals surface area contributed by atoms with Gasteiger partial charge in [-0.15, -0.1) is 0 Å². The lowest BCUT2D eigenvalue weighted by atomic mass is 9.70. The average molecular weight is 242 g/mol. The highest BCUT2D eigenvalue weighted by Gasteiger charge is 2.50. The molecule has 1 saturated carbocycles. The average Bonchev–Trinajstić information content (AvgIpc) is 2.66. The smallest absolute Gasteiger partial charge is 0.334 e. The van der Waals surface area contributed by atoms with Crippen molar-refractivity contribution in [1.29, 1.82) is 0 Å². The lowest BCUT2D eigenvalue weighted by Gasteiger charge is -2.40. The first kappa shape index (κ1) is 11.5. The summed E-state index contributed by atoms with van der Waals surface area (Å²) >= 11 is 0. The molecule has 2 aliphatic rings. The molecule has 2 unspecified atom stereocenters. The van der Waals surface area contributed by atoms with E-state index in [0.29, 0.717) is 17.9 Å². The van der Waals surface area contributed by atoms with Gasteiger partial charge in [0.15, 0.2) is 0 Å². The Morgan fingerprint density at radius 3 is 2.67 bits per heavy atom. The molecule has 2 atom stereocenters. The summed E-state index contributed by atoms with van der Waals surface area (Å²) in [5, 5.41) is 0. The van der Waals surface area contributed by atoms with Gasteiger partial charge in [0.05, 0.1) is 0 Å². The van der Waals surface area contributed by atoms with Gasteiger partial charge in [-0.25, -0.2) is 4.79 Å². The zero-order valence-electron chi connectivity index (χ0n) is 10.5. The van der Waals surface area contributed by atoms with E-state index in [1.807, 2.05) is 6.07 Å². The van der Waals surface area contributed by atoms with Crippen LogP contribution in [0.1, 0.15) is 43.6 Å². The summed E-state index contributed by atoms with van der Waals surface area (Å²) in [6.45, 7) is 3.84. The molecule has 18 heavy (non-hydrogen) atoms. The molecule has 1 spiro atoms. The second kappa shape index (κ2) is 4.27. The second-order valence-electron chi connectivity index (χ2n) is 5.44. The van der Waals surface area contributed by atoms with Gasteiger partial charge in [-0.1, -0.05) is 43.3 Å². The van der Waals surface area contributed by atoms with Gasteiger partial charge < -0.3 is 4.74 Å². The maximum atomic E-state index is 11.7. The van der Waals surface area contributed by atoms with Crippen molar-refractivity contribution in [1.82, 2.24) is 0 Å². The Kier molecular flexibility index (Phi) is 2.73. The molecule has 1 saturated heterocycles. The Balaban J connectivity index is 1.97. The highest BCUT2D eigenvalue weighted by Crippen LogP contribution is 2.50. The van der Waals surface area contributed by atoms with Crippen molar-refractivity contribution in [3.8, 4) is 0 Å². The molecular weight excluding hydrogens is 224 g/mol. The van der Waals surface area contributed by atoms with E-state index in [9.17, 15) is 4.79 Å². The summed E-state index contributed by atoms with van der Waals surface area (Å²) in [6, 6.07) is 10.4. The highest BCUT2D eigenvalue weighted by molar-refractivity contribution is 5.90. The molecular formula is C16H18O2. The van der Waals surface area contributed by atoms with E-state index in [1.165, 1.54) is 12.0 Å². The van der Waals surface area contributed by atoms with E-state index < -0.39 is 0 Å². The van der Waals surface area contributed by atoms with Gasteiger partial charge in [0, 0.05) is 17.9 Å². The van der Waals surface area contributed by atoms with E-state index in [4.69, 9.17) is 4.74 Å². The Bertz CT molecular complexity index is 459. The molecule has 1 aliphatic carbocycles. The van der Waals surface area contributed by atoms with Crippen molar-refractivity contribution in [3.05, 3.63) is 48.0 Å². The fourth-order valence-electron chi connectivity index (χ4n) is 3.43. The lowest BCUT2D eigenvalue weighted by Crippen LogP contribution is -2.38. The van der Waals surface area contributed by atoms with Crippen LogP contribution in [-0.2, 0) is 9.53 Å². The topological polar surface area (TPSA) is 26.3 Å². The van der Waals surface area contributed by atoms with Crippen molar-refractivity contribution in [2.24, 2.45) is 0 Å². The van der Waals surface area contributed by atoms with Crippen LogP contribution < -0.4 is 0 Å². The maximum Gasteiger partial charge on any atom is 0.334 e. The molecule has 0 N–H and O–H groups in total. The number of rotatable bonds is 1. The Hall–Kier alpha value is -1.57. The second-order valence-corrected chi connectivity index (χ2v) is 5.44. The van der Waals surface area contributed by atoms with Gasteiger partial charge in [-0.05, 0) is 24.8 Å². The molecule has 0 radical (unpaired) electrons. The van der Waals surface area contributed by atoms with E-state index in [0.717, 1.165) is 19.3 Å². The fraction of sp³-hybridized carbons (Fsp3) is 0.438. The van der Waals surface area contributed by atoms with Crippen molar-refractivity contribution in [3.63, 3.8) is 0 Å². The van der Waals surface area contributed by atoms with Gasteiger partial charge in [-0.2, -0.15) is 0 Å². The fourth-order valence-corrected chi connectivity index (χ4v) is 3.43. The molecule has 1 heterocycles. The number of benzene rings is 1. The number of ether oxygens (including phenoxy) is 1. The predicted molar refractivity (Wildman–Crippen MR) is 70.2 cm³/mol. The zero-order valence-corrected chi connectivity index (χ0v) is 10.5. The molecule has 2 fully saturated rings. The molecule has 0 bridgehead atoms. The summed E-state index contributed by atoms with van der Waals surface area (Å²) < 4.78 is 5.73.